The van der Waals surface area contributed by atoms with Gasteiger partial charge in [-0.1, -0.05) is 52.3 Å². The second kappa shape index (κ2) is 8.66. The molecule has 6 heteroatoms. The van der Waals surface area contributed by atoms with Crippen molar-refractivity contribution in [3.8, 4) is 16.9 Å². The smallest absolute Gasteiger partial charge is 0.209 e. The molecule has 4 aromatic rings. The first-order valence-corrected chi connectivity index (χ1v) is 12.3. The minimum absolute atomic E-state index is 0.266. The Morgan fingerprint density at radius 1 is 1.00 bits per heavy atom. The minimum Gasteiger partial charge on any atom is -0.493 e. The number of aromatic nitrogens is 1. The lowest BCUT2D eigenvalue weighted by Crippen LogP contribution is -2.05. The van der Waals surface area contributed by atoms with E-state index in [4.69, 9.17) is 4.74 Å². The van der Waals surface area contributed by atoms with E-state index in [-0.39, 0.29) is 4.90 Å². The van der Waals surface area contributed by atoms with Crippen LogP contribution in [0.3, 0.4) is 0 Å². The van der Waals surface area contributed by atoms with Crippen LogP contribution in [0.25, 0.3) is 16.6 Å². The molecule has 0 aliphatic carbocycles. The highest BCUT2D eigenvalue weighted by Crippen LogP contribution is 2.37. The molecule has 0 atom stereocenters. The summed E-state index contributed by atoms with van der Waals surface area (Å²) in [7, 11) is -3.75. The van der Waals surface area contributed by atoms with Crippen LogP contribution >= 0.6 is 15.9 Å². The molecule has 0 aliphatic heterocycles. The van der Waals surface area contributed by atoms with Crippen molar-refractivity contribution in [2.75, 3.05) is 11.9 Å². The second-order valence-corrected chi connectivity index (χ2v) is 9.73. The zero-order chi connectivity index (χ0) is 21.1. The highest BCUT2D eigenvalue weighted by Gasteiger charge is 2.27. The Kier molecular flexibility index (Phi) is 5.97. The van der Waals surface area contributed by atoms with Gasteiger partial charge in [-0.05, 0) is 54.8 Å². The number of fused-ring (bicyclic) bond motifs is 1. The van der Waals surface area contributed by atoms with Gasteiger partial charge in [0.1, 0.15) is 10.6 Å². The number of hydrogen-bond acceptors (Lipinski definition) is 3. The van der Waals surface area contributed by atoms with Crippen molar-refractivity contribution >= 4 is 31.3 Å². The zero-order valence-electron chi connectivity index (χ0n) is 16.6. The molecule has 0 amide bonds. The molecule has 0 saturated carbocycles. The van der Waals surface area contributed by atoms with E-state index in [0.717, 1.165) is 22.9 Å². The van der Waals surface area contributed by atoms with E-state index in [1.165, 1.54) is 0 Å². The second-order valence-electron chi connectivity index (χ2n) is 7.05. The molecule has 154 valence electrons. The SMILES string of the molecule is Cc1cc(S(=O)(=O)c2c(-c3ccccc3)cn3ccccc23)ccc1OCCCBr. The Morgan fingerprint density at radius 3 is 2.50 bits per heavy atom. The highest BCUT2D eigenvalue weighted by atomic mass is 79.9. The fourth-order valence-electron chi connectivity index (χ4n) is 3.51. The average molecular weight is 484 g/mol. The van der Waals surface area contributed by atoms with Crippen LogP contribution in [0.4, 0.5) is 0 Å². The predicted molar refractivity (Wildman–Crippen MR) is 123 cm³/mol. The van der Waals surface area contributed by atoms with Gasteiger partial charge in [0.05, 0.1) is 17.0 Å². The maximum absolute atomic E-state index is 13.8. The molecule has 0 saturated heterocycles. The van der Waals surface area contributed by atoms with E-state index in [1.54, 1.807) is 18.2 Å². The quantitative estimate of drug-likeness (QED) is 0.242. The van der Waals surface area contributed by atoms with Gasteiger partial charge in [0.2, 0.25) is 9.84 Å². The first kappa shape index (κ1) is 20.7. The Balaban J connectivity index is 1.84. The van der Waals surface area contributed by atoms with Crippen LogP contribution in [0.2, 0.25) is 0 Å². The number of ether oxygens (including phenoxy) is 1. The molecule has 0 fully saturated rings. The van der Waals surface area contributed by atoms with E-state index in [0.29, 0.717) is 28.3 Å². The number of pyridine rings is 1. The number of alkyl halides is 1. The van der Waals surface area contributed by atoms with Crippen molar-refractivity contribution in [2.45, 2.75) is 23.1 Å². The van der Waals surface area contributed by atoms with E-state index in [1.807, 2.05) is 72.2 Å². The van der Waals surface area contributed by atoms with Crippen molar-refractivity contribution in [2.24, 2.45) is 0 Å². The Bertz CT molecular complexity index is 1280. The molecule has 4 nitrogen and oxygen atoms in total. The Hall–Kier alpha value is -2.57. The molecule has 30 heavy (non-hydrogen) atoms. The predicted octanol–water partition coefficient (Wildman–Crippen LogP) is 5.91. The van der Waals surface area contributed by atoms with E-state index < -0.39 is 9.84 Å². The van der Waals surface area contributed by atoms with Crippen molar-refractivity contribution < 1.29 is 13.2 Å². The summed E-state index contributed by atoms with van der Waals surface area (Å²) in [5.41, 5.74) is 3.02. The molecular weight excluding hydrogens is 462 g/mol. The Labute approximate surface area is 185 Å². The summed E-state index contributed by atoms with van der Waals surface area (Å²) in [6.45, 7) is 2.46. The maximum Gasteiger partial charge on any atom is 0.209 e. The summed E-state index contributed by atoms with van der Waals surface area (Å²) in [4.78, 5) is 0.587. The number of sulfone groups is 1. The molecule has 0 unspecified atom stereocenters. The minimum atomic E-state index is -3.75. The van der Waals surface area contributed by atoms with Crippen molar-refractivity contribution in [1.82, 2.24) is 4.40 Å². The zero-order valence-corrected chi connectivity index (χ0v) is 19.0. The topological polar surface area (TPSA) is 47.8 Å². The van der Waals surface area contributed by atoms with E-state index in [2.05, 4.69) is 15.9 Å². The van der Waals surface area contributed by atoms with Crippen LogP contribution in [-0.4, -0.2) is 24.8 Å². The van der Waals surface area contributed by atoms with Gasteiger partial charge in [-0.3, -0.25) is 0 Å². The van der Waals surface area contributed by atoms with Gasteiger partial charge < -0.3 is 9.14 Å². The molecule has 0 N–H and O–H groups in total. The number of hydrogen-bond donors (Lipinski definition) is 0. The van der Waals surface area contributed by atoms with Crippen LogP contribution in [-0.2, 0) is 9.84 Å². The highest BCUT2D eigenvalue weighted by molar-refractivity contribution is 9.09. The van der Waals surface area contributed by atoms with Gasteiger partial charge in [-0.2, -0.15) is 0 Å². The molecule has 2 aromatic heterocycles. The normalized spacial score (nSPS) is 11.7. The van der Waals surface area contributed by atoms with Gasteiger partial charge in [-0.25, -0.2) is 8.42 Å². The number of rotatable bonds is 7. The lowest BCUT2D eigenvalue weighted by atomic mass is 10.1. The summed E-state index contributed by atoms with van der Waals surface area (Å²) < 4.78 is 35.2. The van der Waals surface area contributed by atoms with Gasteiger partial charge in [0.25, 0.3) is 0 Å². The van der Waals surface area contributed by atoms with Crippen LogP contribution in [0.15, 0.2) is 88.9 Å². The van der Waals surface area contributed by atoms with E-state index >= 15 is 0 Å². The fourth-order valence-corrected chi connectivity index (χ4v) is 5.46. The lowest BCUT2D eigenvalue weighted by Gasteiger charge is -2.12. The Morgan fingerprint density at radius 2 is 1.77 bits per heavy atom. The molecule has 0 radical (unpaired) electrons. The maximum atomic E-state index is 13.8. The number of nitrogens with zero attached hydrogens (tertiary/aromatic N) is 1. The summed E-state index contributed by atoms with van der Waals surface area (Å²) >= 11 is 3.39. The van der Waals surface area contributed by atoms with Crippen LogP contribution in [0.1, 0.15) is 12.0 Å². The van der Waals surface area contributed by atoms with Crippen LogP contribution < -0.4 is 4.74 Å². The number of halogens is 1. The molecule has 4 rings (SSSR count). The van der Waals surface area contributed by atoms with Crippen LogP contribution in [0.5, 0.6) is 5.75 Å². The van der Waals surface area contributed by atoms with E-state index in [9.17, 15) is 8.42 Å². The molecular formula is C24H22BrNO3S. The number of benzene rings is 2. The number of aryl methyl sites for hydroxylation is 1. The third kappa shape index (κ3) is 3.89. The van der Waals surface area contributed by atoms with Crippen molar-refractivity contribution in [3.05, 3.63) is 84.7 Å². The lowest BCUT2D eigenvalue weighted by molar-refractivity contribution is 0.316. The van der Waals surface area contributed by atoms with Crippen molar-refractivity contribution in [3.63, 3.8) is 0 Å². The van der Waals surface area contributed by atoms with Gasteiger partial charge in [-0.15, -0.1) is 0 Å². The third-order valence-corrected chi connectivity index (χ3v) is 7.38. The average Bonchev–Trinajstić information content (AvgIpc) is 3.16. The largest absolute Gasteiger partial charge is 0.493 e. The summed E-state index contributed by atoms with van der Waals surface area (Å²) in [6.07, 6.45) is 4.63. The standard InChI is InChI=1S/C24H22BrNO3S/c1-18-16-20(11-12-23(18)29-15-7-13-25)30(27,28)24-21(19-8-3-2-4-9-19)17-26-14-6-5-10-22(24)26/h2-6,8-12,14,16-17H,7,13,15H2,1H3. The third-order valence-electron chi connectivity index (χ3n) is 4.98. The van der Waals surface area contributed by atoms with Crippen LogP contribution in [0, 0.1) is 6.92 Å². The van der Waals surface area contributed by atoms with Crippen molar-refractivity contribution in [1.29, 1.82) is 0 Å². The molecule has 0 spiro atoms. The summed E-state index contributed by atoms with van der Waals surface area (Å²) in [6, 6.07) is 20.3. The monoisotopic (exact) mass is 483 g/mol. The fraction of sp³-hybridized carbons (Fsp3) is 0.167. The molecule has 0 aliphatic rings. The first-order valence-electron chi connectivity index (χ1n) is 9.72. The summed E-state index contributed by atoms with van der Waals surface area (Å²) in [5, 5.41) is 0.864. The van der Waals surface area contributed by atoms with Gasteiger partial charge in [0, 0.05) is 23.3 Å². The summed E-state index contributed by atoms with van der Waals surface area (Å²) in [5.74, 6) is 0.708. The molecule has 2 aromatic carbocycles. The molecule has 2 heterocycles. The first-order chi connectivity index (χ1) is 14.5. The molecule has 0 bridgehead atoms. The van der Waals surface area contributed by atoms with Gasteiger partial charge >= 0.3 is 0 Å². The van der Waals surface area contributed by atoms with Gasteiger partial charge in [0.15, 0.2) is 0 Å².